The van der Waals surface area contributed by atoms with Crippen LogP contribution in [0.2, 0.25) is 0 Å². The number of halogens is 2. The molecule has 0 aliphatic carbocycles. The van der Waals surface area contributed by atoms with Gasteiger partial charge in [0.1, 0.15) is 5.69 Å². The third-order valence-electron chi connectivity index (χ3n) is 6.27. The number of methoxy groups -OCH3 is 2. The third kappa shape index (κ3) is 3.57. The van der Waals surface area contributed by atoms with Gasteiger partial charge in [-0.05, 0) is 18.2 Å². The van der Waals surface area contributed by atoms with Crippen molar-refractivity contribution in [3.63, 3.8) is 0 Å². The van der Waals surface area contributed by atoms with Crippen molar-refractivity contribution in [2.45, 2.75) is 11.4 Å². The van der Waals surface area contributed by atoms with E-state index < -0.39 is 33.4 Å². The number of rotatable bonds is 6. The van der Waals surface area contributed by atoms with Gasteiger partial charge in [0.15, 0.2) is 35.1 Å². The van der Waals surface area contributed by atoms with Crippen molar-refractivity contribution in [3.8, 4) is 11.5 Å². The van der Waals surface area contributed by atoms with Gasteiger partial charge in [0, 0.05) is 30.3 Å². The number of nitrogens with zero attached hydrogens (tertiary/aromatic N) is 4. The average molecular weight is 543 g/mol. The number of benzene rings is 2. The number of urea groups is 1. The molecule has 1 aliphatic heterocycles. The molecule has 0 saturated heterocycles. The quantitative estimate of drug-likeness (QED) is 0.339. The molecule has 38 heavy (non-hydrogen) atoms. The molecular weight excluding hydrogens is 522 g/mol. The van der Waals surface area contributed by atoms with E-state index in [1.54, 1.807) is 18.2 Å². The van der Waals surface area contributed by atoms with Gasteiger partial charge < -0.3 is 9.47 Å². The molecule has 4 aromatic rings. The van der Waals surface area contributed by atoms with Crippen LogP contribution in [-0.2, 0) is 16.6 Å². The summed E-state index contributed by atoms with van der Waals surface area (Å²) in [6, 6.07) is 9.02. The van der Waals surface area contributed by atoms with Crippen molar-refractivity contribution in [3.05, 3.63) is 71.6 Å². The molecule has 0 saturated carbocycles. The summed E-state index contributed by atoms with van der Waals surface area (Å²) in [6.45, 7) is -0.307. The number of carbonyl (C=O) groups excluding carboxylic acids is 2. The number of fused-ring (bicyclic) bond motifs is 3. The zero-order chi connectivity index (χ0) is 27.4. The molecule has 196 valence electrons. The molecule has 0 radical (unpaired) electrons. The zero-order valence-corrected chi connectivity index (χ0v) is 21.1. The summed E-state index contributed by atoms with van der Waals surface area (Å²) in [5.74, 6) is -2.86. The van der Waals surface area contributed by atoms with Crippen LogP contribution >= 0.6 is 0 Å². The largest absolute Gasteiger partial charge is 0.493 e. The van der Waals surface area contributed by atoms with Gasteiger partial charge in [-0.1, -0.05) is 18.2 Å². The van der Waals surface area contributed by atoms with Crippen LogP contribution < -0.4 is 19.3 Å². The number of amides is 2. The molecule has 0 fully saturated rings. The predicted octanol–water partition coefficient (Wildman–Crippen LogP) is 3.96. The highest BCUT2D eigenvalue weighted by Gasteiger charge is 2.37. The molecule has 10 nitrogen and oxygen atoms in total. The minimum Gasteiger partial charge on any atom is -0.493 e. The Morgan fingerprint density at radius 1 is 1.00 bits per heavy atom. The van der Waals surface area contributed by atoms with Gasteiger partial charge in [0.05, 0.1) is 37.0 Å². The Hall–Kier alpha value is -4.52. The van der Waals surface area contributed by atoms with Crippen molar-refractivity contribution in [2.24, 2.45) is 0 Å². The summed E-state index contributed by atoms with van der Waals surface area (Å²) >= 11 is 0. The van der Waals surface area contributed by atoms with E-state index >= 15 is 8.78 Å². The summed E-state index contributed by atoms with van der Waals surface area (Å²) in [5, 5.41) is 0.198. The van der Waals surface area contributed by atoms with E-state index in [9.17, 15) is 18.0 Å². The van der Waals surface area contributed by atoms with Gasteiger partial charge in [0.25, 0.3) is 10.0 Å². The topological polar surface area (TPSA) is 111 Å². The van der Waals surface area contributed by atoms with E-state index in [2.05, 4.69) is 4.98 Å². The Morgan fingerprint density at radius 2 is 1.63 bits per heavy atom. The molecule has 0 atom stereocenters. The smallest absolute Gasteiger partial charge is 0.329 e. The molecule has 2 amide bonds. The Bertz CT molecular complexity index is 1700. The monoisotopic (exact) mass is 542 g/mol. The number of aldehydes is 1. The third-order valence-corrected chi connectivity index (χ3v) is 8.00. The van der Waals surface area contributed by atoms with Crippen LogP contribution in [0.1, 0.15) is 16.1 Å². The van der Waals surface area contributed by atoms with Crippen LogP contribution in [0.3, 0.4) is 0 Å². The number of ether oxygens (including phenoxy) is 2. The first-order valence-corrected chi connectivity index (χ1v) is 12.5. The normalized spacial score (nSPS) is 13.6. The number of anilines is 2. The van der Waals surface area contributed by atoms with E-state index in [1.807, 2.05) is 0 Å². The highest BCUT2D eigenvalue weighted by Crippen LogP contribution is 2.42. The fourth-order valence-corrected chi connectivity index (χ4v) is 5.97. The van der Waals surface area contributed by atoms with Crippen LogP contribution in [0.4, 0.5) is 25.0 Å². The maximum atomic E-state index is 15.2. The van der Waals surface area contributed by atoms with Crippen molar-refractivity contribution in [1.29, 1.82) is 0 Å². The Balaban J connectivity index is 1.71. The summed E-state index contributed by atoms with van der Waals surface area (Å²) in [5.41, 5.74) is -0.364. The fourth-order valence-electron chi connectivity index (χ4n) is 4.52. The minimum atomic E-state index is -4.22. The van der Waals surface area contributed by atoms with Crippen LogP contribution in [-0.4, -0.2) is 51.0 Å². The molecule has 1 aliphatic rings. The van der Waals surface area contributed by atoms with E-state index in [0.717, 1.165) is 19.8 Å². The van der Waals surface area contributed by atoms with Crippen LogP contribution in [0, 0.1) is 11.6 Å². The molecule has 3 heterocycles. The summed E-state index contributed by atoms with van der Waals surface area (Å²) < 4.78 is 68.0. The highest BCUT2D eigenvalue weighted by atomic mass is 32.2. The molecule has 0 N–H and O–H groups in total. The van der Waals surface area contributed by atoms with Crippen molar-refractivity contribution in [1.82, 2.24) is 8.96 Å². The van der Waals surface area contributed by atoms with Gasteiger partial charge >= 0.3 is 6.03 Å². The number of hydrogen-bond donors (Lipinski definition) is 0. The van der Waals surface area contributed by atoms with Gasteiger partial charge in [-0.15, -0.1) is 0 Å². The zero-order valence-electron chi connectivity index (χ0n) is 20.3. The summed E-state index contributed by atoms with van der Waals surface area (Å²) in [7, 11) is -0.470. The van der Waals surface area contributed by atoms with E-state index in [0.29, 0.717) is 11.8 Å². The van der Waals surface area contributed by atoms with Crippen molar-refractivity contribution in [2.75, 3.05) is 31.1 Å². The van der Waals surface area contributed by atoms with E-state index in [-0.39, 0.29) is 45.4 Å². The first kappa shape index (κ1) is 25.1. The fraction of sp³-hybridized carbons (Fsp3) is 0.160. The molecule has 5 rings (SSSR count). The van der Waals surface area contributed by atoms with Crippen LogP contribution in [0.5, 0.6) is 11.5 Å². The molecule has 2 aromatic carbocycles. The van der Waals surface area contributed by atoms with Gasteiger partial charge in [-0.25, -0.2) is 30.9 Å². The molecule has 0 unspecified atom stereocenters. The lowest BCUT2D eigenvalue weighted by molar-refractivity contribution is 0.111. The second-order valence-electron chi connectivity index (χ2n) is 8.32. The first-order chi connectivity index (χ1) is 18.1. The SMILES string of the molecule is COc1cc(OC)c(F)c(N2Cc3cnc4c(cc(C=O)n4S(=O)(=O)c4ccccc4)c3N(C)C2=O)c1F. The number of carbonyl (C=O) groups is 2. The van der Waals surface area contributed by atoms with E-state index in [4.69, 9.17) is 9.47 Å². The lowest BCUT2D eigenvalue weighted by Gasteiger charge is -2.35. The van der Waals surface area contributed by atoms with Crippen molar-refractivity contribution < 1.29 is 36.3 Å². The number of aromatic nitrogens is 2. The second kappa shape index (κ2) is 9.10. The molecule has 0 bridgehead atoms. The average Bonchev–Trinajstić information content (AvgIpc) is 3.31. The standard InChI is InChI=1S/C25H20F2N4O6S/c1-29-22-14(12-30(25(29)33)23-20(26)18(36-2)10-19(37-3)21(23)27)11-28-24-17(22)9-15(13-32)31(24)38(34,35)16-7-5-4-6-8-16/h4-11,13H,12H2,1-3H3. The Kier molecular flexibility index (Phi) is 6.02. The molecule has 2 aromatic heterocycles. The van der Waals surface area contributed by atoms with E-state index in [1.165, 1.54) is 45.7 Å². The second-order valence-corrected chi connectivity index (χ2v) is 10.1. The summed E-state index contributed by atoms with van der Waals surface area (Å²) in [6.07, 6.45) is 1.67. The van der Waals surface area contributed by atoms with Gasteiger partial charge in [0.2, 0.25) is 0 Å². The summed E-state index contributed by atoms with van der Waals surface area (Å²) in [4.78, 5) is 31.5. The Labute approximate surface area is 215 Å². The molecule has 13 heteroatoms. The minimum absolute atomic E-state index is 0.0614. The Morgan fingerprint density at radius 3 is 2.21 bits per heavy atom. The first-order valence-electron chi connectivity index (χ1n) is 11.1. The van der Waals surface area contributed by atoms with Crippen LogP contribution in [0.15, 0.2) is 53.6 Å². The highest BCUT2D eigenvalue weighted by molar-refractivity contribution is 7.90. The van der Waals surface area contributed by atoms with Crippen LogP contribution in [0.25, 0.3) is 11.0 Å². The molecular formula is C25H20F2N4O6S. The lowest BCUT2D eigenvalue weighted by Crippen LogP contribution is -2.46. The van der Waals surface area contributed by atoms with Crippen molar-refractivity contribution >= 4 is 44.7 Å². The number of pyridine rings is 1. The maximum Gasteiger partial charge on any atom is 0.329 e. The predicted molar refractivity (Wildman–Crippen MR) is 134 cm³/mol. The van der Waals surface area contributed by atoms with Gasteiger partial charge in [-0.2, -0.15) is 0 Å². The lowest BCUT2D eigenvalue weighted by atomic mass is 10.1. The van der Waals surface area contributed by atoms with Gasteiger partial charge in [-0.3, -0.25) is 14.6 Å². The molecule has 0 spiro atoms. The number of hydrogen-bond acceptors (Lipinski definition) is 7. The maximum absolute atomic E-state index is 15.2.